The number of hydrogen-bond donors (Lipinski definition) is 1. The van der Waals surface area contributed by atoms with Crippen molar-refractivity contribution in [3.63, 3.8) is 0 Å². The lowest BCUT2D eigenvalue weighted by atomic mass is 9.85. The fraction of sp³-hybridized carbons (Fsp3) is 0.435. The van der Waals surface area contributed by atoms with Gasteiger partial charge < -0.3 is 19.7 Å². The van der Waals surface area contributed by atoms with Crippen LogP contribution in [0.3, 0.4) is 0 Å². The highest BCUT2D eigenvalue weighted by Crippen LogP contribution is 2.34. The van der Waals surface area contributed by atoms with Gasteiger partial charge in [-0.1, -0.05) is 39.0 Å². The van der Waals surface area contributed by atoms with E-state index in [0.717, 1.165) is 23.4 Å². The number of fused-ring (bicyclic) bond motifs is 1. The number of anilines is 1. The molecule has 0 spiro atoms. The first-order chi connectivity index (χ1) is 13.3. The monoisotopic (exact) mass is 382 g/mol. The van der Waals surface area contributed by atoms with Gasteiger partial charge in [0.05, 0.1) is 14.2 Å². The maximum Gasteiger partial charge on any atom is 0.245 e. The summed E-state index contributed by atoms with van der Waals surface area (Å²) >= 11 is 0. The van der Waals surface area contributed by atoms with Crippen molar-refractivity contribution in [3.8, 4) is 11.5 Å². The number of para-hydroxylation sites is 1. The molecule has 1 aliphatic rings. The largest absolute Gasteiger partial charge is 0.493 e. The second-order valence-corrected chi connectivity index (χ2v) is 8.30. The second-order valence-electron chi connectivity index (χ2n) is 8.30. The summed E-state index contributed by atoms with van der Waals surface area (Å²) in [5.74, 6) is 1.56. The molecule has 0 saturated carbocycles. The smallest absolute Gasteiger partial charge is 0.245 e. The van der Waals surface area contributed by atoms with Gasteiger partial charge in [0.2, 0.25) is 5.91 Å². The Morgan fingerprint density at radius 2 is 1.64 bits per heavy atom. The van der Waals surface area contributed by atoms with Crippen LogP contribution >= 0.6 is 0 Å². The Hall–Kier alpha value is -2.69. The maximum absolute atomic E-state index is 13.4. The molecule has 2 aromatic rings. The van der Waals surface area contributed by atoms with Crippen molar-refractivity contribution in [2.75, 3.05) is 26.1 Å². The van der Waals surface area contributed by atoms with Gasteiger partial charge in [0.25, 0.3) is 0 Å². The molecule has 0 aliphatic carbocycles. The highest BCUT2D eigenvalue weighted by Gasteiger charge is 2.35. The minimum Gasteiger partial charge on any atom is -0.493 e. The number of ether oxygens (including phenoxy) is 2. The molecule has 0 saturated heterocycles. The Kier molecular flexibility index (Phi) is 5.82. The molecule has 0 aromatic heterocycles. The van der Waals surface area contributed by atoms with Crippen LogP contribution in [0.2, 0.25) is 0 Å². The molecule has 0 bridgehead atoms. The first kappa shape index (κ1) is 20.1. The van der Waals surface area contributed by atoms with Crippen molar-refractivity contribution in [1.82, 2.24) is 4.90 Å². The third kappa shape index (κ3) is 4.24. The van der Waals surface area contributed by atoms with Crippen LogP contribution in [0.4, 0.5) is 5.69 Å². The van der Waals surface area contributed by atoms with Crippen LogP contribution in [-0.4, -0.2) is 37.6 Å². The van der Waals surface area contributed by atoms with Gasteiger partial charge in [0, 0.05) is 18.8 Å². The Labute approximate surface area is 167 Å². The fourth-order valence-electron chi connectivity index (χ4n) is 3.60. The van der Waals surface area contributed by atoms with Crippen molar-refractivity contribution in [3.05, 3.63) is 53.6 Å². The zero-order valence-electron chi connectivity index (χ0n) is 17.4. The summed E-state index contributed by atoms with van der Waals surface area (Å²) in [6.07, 6.45) is 0.809. The third-order valence-corrected chi connectivity index (χ3v) is 5.23. The second kappa shape index (κ2) is 8.13. The van der Waals surface area contributed by atoms with E-state index in [1.807, 2.05) is 47.4 Å². The van der Waals surface area contributed by atoms with Crippen molar-refractivity contribution < 1.29 is 14.3 Å². The number of methoxy groups -OCH3 is 2. The molecule has 1 N–H and O–H groups in total. The molecule has 0 fully saturated rings. The minimum absolute atomic E-state index is 0.122. The number of rotatable bonds is 5. The Bertz CT molecular complexity index is 828. The van der Waals surface area contributed by atoms with E-state index < -0.39 is 0 Å². The predicted octanol–water partition coefficient (Wildman–Crippen LogP) is 4.12. The molecule has 5 heteroatoms. The van der Waals surface area contributed by atoms with Crippen LogP contribution in [0.25, 0.3) is 0 Å². The van der Waals surface area contributed by atoms with Crippen LogP contribution in [0.1, 0.15) is 31.9 Å². The van der Waals surface area contributed by atoms with Crippen LogP contribution in [0.15, 0.2) is 42.5 Å². The molecule has 1 aliphatic heterocycles. The summed E-state index contributed by atoms with van der Waals surface area (Å²) in [5, 5.41) is 3.44. The molecule has 0 radical (unpaired) electrons. The van der Waals surface area contributed by atoms with Gasteiger partial charge in [0.15, 0.2) is 11.5 Å². The highest BCUT2D eigenvalue weighted by atomic mass is 16.5. The van der Waals surface area contributed by atoms with Gasteiger partial charge in [-0.25, -0.2) is 0 Å². The Morgan fingerprint density at radius 3 is 2.21 bits per heavy atom. The van der Waals surface area contributed by atoms with Crippen molar-refractivity contribution in [2.45, 2.75) is 39.8 Å². The zero-order chi connectivity index (χ0) is 20.3. The first-order valence-electron chi connectivity index (χ1n) is 9.67. The van der Waals surface area contributed by atoms with Gasteiger partial charge in [-0.05, 0) is 47.2 Å². The molecule has 2 aromatic carbocycles. The quantitative estimate of drug-likeness (QED) is 0.845. The molecule has 1 atom stereocenters. The molecular weight excluding hydrogens is 352 g/mol. The molecule has 3 rings (SSSR count). The summed E-state index contributed by atoms with van der Waals surface area (Å²) in [7, 11) is 3.28. The number of benzene rings is 2. The molecule has 150 valence electrons. The lowest BCUT2D eigenvalue weighted by molar-refractivity contribution is -0.135. The van der Waals surface area contributed by atoms with E-state index in [4.69, 9.17) is 9.47 Å². The van der Waals surface area contributed by atoms with Gasteiger partial charge in [-0.15, -0.1) is 0 Å². The summed E-state index contributed by atoms with van der Waals surface area (Å²) in [6.45, 7) is 7.56. The third-order valence-electron chi connectivity index (χ3n) is 5.23. The molecule has 5 nitrogen and oxygen atoms in total. The average Bonchev–Trinajstić information content (AvgIpc) is 2.69. The number of carbonyl (C=O) groups excluding carboxylic acids is 1. The van der Waals surface area contributed by atoms with E-state index in [1.54, 1.807) is 14.2 Å². The number of amides is 1. The van der Waals surface area contributed by atoms with Gasteiger partial charge in [-0.3, -0.25) is 4.79 Å². The summed E-state index contributed by atoms with van der Waals surface area (Å²) in [4.78, 5) is 15.4. The van der Waals surface area contributed by atoms with Gasteiger partial charge in [-0.2, -0.15) is 0 Å². The maximum atomic E-state index is 13.4. The SMILES string of the molecule is COc1cc2c(cc1OC)CN(C(=O)C(Nc1ccccc1)C(C)(C)C)CC2. The number of carbonyl (C=O) groups is 1. The molecule has 1 unspecified atom stereocenters. The molecule has 1 heterocycles. The van der Waals surface area contributed by atoms with E-state index in [1.165, 1.54) is 5.56 Å². The molecule has 1 amide bonds. The number of nitrogens with one attached hydrogen (secondary N) is 1. The van der Waals surface area contributed by atoms with Crippen LogP contribution < -0.4 is 14.8 Å². The Morgan fingerprint density at radius 1 is 1.04 bits per heavy atom. The zero-order valence-corrected chi connectivity index (χ0v) is 17.4. The first-order valence-corrected chi connectivity index (χ1v) is 9.67. The van der Waals surface area contributed by atoms with Gasteiger partial charge in [0.1, 0.15) is 6.04 Å². The topological polar surface area (TPSA) is 50.8 Å². The van der Waals surface area contributed by atoms with Gasteiger partial charge >= 0.3 is 0 Å². The van der Waals surface area contributed by atoms with Crippen molar-refractivity contribution >= 4 is 11.6 Å². The van der Waals surface area contributed by atoms with Crippen molar-refractivity contribution in [2.24, 2.45) is 5.41 Å². The van der Waals surface area contributed by atoms with Crippen LogP contribution in [0, 0.1) is 5.41 Å². The predicted molar refractivity (Wildman–Crippen MR) is 112 cm³/mol. The number of hydrogen-bond acceptors (Lipinski definition) is 4. The van der Waals surface area contributed by atoms with E-state index in [-0.39, 0.29) is 17.4 Å². The van der Waals surface area contributed by atoms with Crippen LogP contribution in [0.5, 0.6) is 11.5 Å². The van der Waals surface area contributed by atoms with E-state index in [9.17, 15) is 4.79 Å². The lowest BCUT2D eigenvalue weighted by Gasteiger charge is -2.37. The molecular formula is C23H30N2O3. The summed E-state index contributed by atoms with van der Waals surface area (Å²) in [6, 6.07) is 13.6. The van der Waals surface area contributed by atoms with E-state index >= 15 is 0 Å². The van der Waals surface area contributed by atoms with E-state index in [0.29, 0.717) is 18.8 Å². The fourth-order valence-corrected chi connectivity index (χ4v) is 3.60. The Balaban J connectivity index is 1.83. The average molecular weight is 383 g/mol. The van der Waals surface area contributed by atoms with E-state index in [2.05, 4.69) is 26.1 Å². The normalized spacial score (nSPS) is 14.8. The lowest BCUT2D eigenvalue weighted by Crippen LogP contribution is -2.50. The minimum atomic E-state index is -0.309. The standard InChI is InChI=1S/C23H30N2O3/c1-23(2,3)21(24-18-9-7-6-8-10-18)22(26)25-12-11-16-13-19(27-4)20(28-5)14-17(16)15-25/h6-10,13-14,21,24H,11-12,15H2,1-5H3. The van der Waals surface area contributed by atoms with Crippen LogP contribution in [-0.2, 0) is 17.8 Å². The summed E-state index contributed by atoms with van der Waals surface area (Å²) < 4.78 is 10.8. The van der Waals surface area contributed by atoms with Crippen molar-refractivity contribution in [1.29, 1.82) is 0 Å². The summed E-state index contributed by atoms with van der Waals surface area (Å²) in [5.41, 5.74) is 3.07. The molecule has 28 heavy (non-hydrogen) atoms. The highest BCUT2D eigenvalue weighted by molar-refractivity contribution is 5.86. The number of nitrogens with zero attached hydrogens (tertiary/aromatic N) is 1.